The molecule has 4 nitrogen and oxygen atoms in total. The Bertz CT molecular complexity index is 405. The summed E-state index contributed by atoms with van der Waals surface area (Å²) in [7, 11) is 0. The average Bonchev–Trinajstić information content (AvgIpc) is 2.82. The maximum Gasteiger partial charge on any atom is 0.270 e. The average molecular weight is 315 g/mol. The Labute approximate surface area is 116 Å². The molecule has 1 aliphatic heterocycles. The first-order valence-electron chi connectivity index (χ1n) is 6.45. The van der Waals surface area contributed by atoms with Gasteiger partial charge in [-0.2, -0.15) is 0 Å². The molecule has 1 fully saturated rings. The number of amides is 1. The van der Waals surface area contributed by atoms with Gasteiger partial charge in [-0.3, -0.25) is 4.79 Å². The zero-order chi connectivity index (χ0) is 13.0. The summed E-state index contributed by atoms with van der Waals surface area (Å²) in [5, 5.41) is 0. The molecule has 0 bridgehead atoms. The highest BCUT2D eigenvalue weighted by Crippen LogP contribution is 2.18. The maximum absolute atomic E-state index is 12.3. The van der Waals surface area contributed by atoms with E-state index in [-0.39, 0.29) is 12.0 Å². The zero-order valence-corrected chi connectivity index (χ0v) is 12.2. The molecule has 1 saturated heterocycles. The van der Waals surface area contributed by atoms with E-state index in [2.05, 4.69) is 27.8 Å². The van der Waals surface area contributed by atoms with Crippen LogP contribution in [0.3, 0.4) is 0 Å². The van der Waals surface area contributed by atoms with E-state index in [4.69, 9.17) is 4.74 Å². The van der Waals surface area contributed by atoms with Gasteiger partial charge in [0.05, 0.1) is 6.10 Å². The number of ether oxygens (including phenoxy) is 1. The van der Waals surface area contributed by atoms with E-state index in [1.165, 1.54) is 0 Å². The molecule has 1 N–H and O–H groups in total. The molecule has 0 aromatic carbocycles. The molecule has 1 atom stereocenters. The van der Waals surface area contributed by atoms with Gasteiger partial charge in [-0.1, -0.05) is 6.92 Å². The van der Waals surface area contributed by atoms with Crippen LogP contribution in [0.4, 0.5) is 0 Å². The summed E-state index contributed by atoms with van der Waals surface area (Å²) in [5.41, 5.74) is 0.637. The summed E-state index contributed by atoms with van der Waals surface area (Å²) in [6, 6.07) is 1.82. The molecule has 1 aliphatic rings. The van der Waals surface area contributed by atoms with Crippen LogP contribution in [0.1, 0.15) is 36.7 Å². The minimum atomic E-state index is 0.0606. The number of aromatic amines is 1. The SMILES string of the molecule is CCCO[C@@H]1CCCN(C(=O)c2cc(Br)c[nH]2)C1. The number of halogens is 1. The second-order valence-electron chi connectivity index (χ2n) is 4.62. The maximum atomic E-state index is 12.3. The molecule has 0 spiro atoms. The number of H-pyrrole nitrogens is 1. The Morgan fingerprint density at radius 2 is 2.50 bits per heavy atom. The molecule has 2 heterocycles. The predicted octanol–water partition coefficient (Wildman–Crippen LogP) is 2.81. The van der Waals surface area contributed by atoms with Crippen LogP contribution in [-0.2, 0) is 4.74 Å². The Morgan fingerprint density at radius 3 is 3.17 bits per heavy atom. The number of likely N-dealkylation sites (tertiary alicyclic amines) is 1. The number of carbonyl (C=O) groups is 1. The van der Waals surface area contributed by atoms with E-state index in [9.17, 15) is 4.79 Å². The molecule has 100 valence electrons. The third kappa shape index (κ3) is 3.36. The van der Waals surface area contributed by atoms with Crippen molar-refractivity contribution in [2.24, 2.45) is 0 Å². The fraction of sp³-hybridized carbons (Fsp3) is 0.615. The van der Waals surface area contributed by atoms with Gasteiger partial charge < -0.3 is 14.6 Å². The van der Waals surface area contributed by atoms with Crippen molar-refractivity contribution in [3.8, 4) is 0 Å². The third-order valence-electron chi connectivity index (χ3n) is 3.10. The standard InChI is InChI=1S/C13H19BrN2O2/c1-2-6-18-11-4-3-5-16(9-11)13(17)12-7-10(14)8-15-12/h7-8,11,15H,2-6,9H2,1H3/t11-/m1/s1. The number of nitrogens with one attached hydrogen (secondary N) is 1. The van der Waals surface area contributed by atoms with E-state index < -0.39 is 0 Å². The van der Waals surface area contributed by atoms with Crippen molar-refractivity contribution >= 4 is 21.8 Å². The summed E-state index contributed by atoms with van der Waals surface area (Å²) >= 11 is 3.34. The summed E-state index contributed by atoms with van der Waals surface area (Å²) < 4.78 is 6.64. The molecule has 1 aromatic rings. The van der Waals surface area contributed by atoms with Gasteiger partial charge in [0.15, 0.2) is 0 Å². The van der Waals surface area contributed by atoms with Crippen molar-refractivity contribution in [1.29, 1.82) is 0 Å². The topological polar surface area (TPSA) is 45.3 Å². The fourth-order valence-electron chi connectivity index (χ4n) is 2.20. The van der Waals surface area contributed by atoms with Crippen molar-refractivity contribution in [2.45, 2.75) is 32.3 Å². The molecule has 1 amide bonds. The van der Waals surface area contributed by atoms with Crippen molar-refractivity contribution in [3.63, 3.8) is 0 Å². The number of hydrogen-bond acceptors (Lipinski definition) is 2. The van der Waals surface area contributed by atoms with Crippen molar-refractivity contribution < 1.29 is 9.53 Å². The van der Waals surface area contributed by atoms with E-state index in [1.807, 2.05) is 11.0 Å². The Balaban J connectivity index is 1.94. The fourth-order valence-corrected chi connectivity index (χ4v) is 2.55. The zero-order valence-electron chi connectivity index (χ0n) is 10.6. The van der Waals surface area contributed by atoms with Crippen LogP contribution >= 0.6 is 15.9 Å². The summed E-state index contributed by atoms with van der Waals surface area (Å²) in [6.45, 7) is 4.40. The number of nitrogens with zero attached hydrogens (tertiary/aromatic N) is 1. The smallest absolute Gasteiger partial charge is 0.270 e. The lowest BCUT2D eigenvalue weighted by atomic mass is 10.1. The van der Waals surface area contributed by atoms with Crippen LogP contribution in [0.5, 0.6) is 0 Å². The van der Waals surface area contributed by atoms with Gasteiger partial charge in [0.2, 0.25) is 0 Å². The normalized spacial score (nSPS) is 20.1. The van der Waals surface area contributed by atoms with Crippen LogP contribution < -0.4 is 0 Å². The molecule has 0 aliphatic carbocycles. The molecular formula is C13H19BrN2O2. The number of hydrogen-bond donors (Lipinski definition) is 1. The van der Waals surface area contributed by atoms with Gasteiger partial charge in [-0.15, -0.1) is 0 Å². The Kier molecular flexibility index (Phi) is 4.83. The lowest BCUT2D eigenvalue weighted by molar-refractivity contribution is 0.00194. The van der Waals surface area contributed by atoms with Crippen molar-refractivity contribution in [1.82, 2.24) is 9.88 Å². The van der Waals surface area contributed by atoms with Gasteiger partial charge in [0.25, 0.3) is 5.91 Å². The molecule has 18 heavy (non-hydrogen) atoms. The molecule has 2 rings (SSSR count). The number of rotatable bonds is 4. The molecular weight excluding hydrogens is 296 g/mol. The van der Waals surface area contributed by atoms with Crippen LogP contribution in [0.25, 0.3) is 0 Å². The quantitative estimate of drug-likeness (QED) is 0.928. The van der Waals surface area contributed by atoms with Gasteiger partial charge in [-0.05, 0) is 41.3 Å². The van der Waals surface area contributed by atoms with Crippen molar-refractivity contribution in [2.75, 3.05) is 19.7 Å². The molecule has 0 saturated carbocycles. The first-order chi connectivity index (χ1) is 8.70. The molecule has 5 heteroatoms. The minimum Gasteiger partial charge on any atom is -0.376 e. The molecule has 0 unspecified atom stereocenters. The van der Waals surface area contributed by atoms with E-state index in [1.54, 1.807) is 6.20 Å². The van der Waals surface area contributed by atoms with Gasteiger partial charge in [0.1, 0.15) is 5.69 Å². The predicted molar refractivity (Wildman–Crippen MR) is 73.7 cm³/mol. The highest BCUT2D eigenvalue weighted by Gasteiger charge is 2.25. The lowest BCUT2D eigenvalue weighted by Crippen LogP contribution is -2.43. The van der Waals surface area contributed by atoms with E-state index in [0.29, 0.717) is 12.2 Å². The largest absolute Gasteiger partial charge is 0.376 e. The summed E-state index contributed by atoms with van der Waals surface area (Å²) in [4.78, 5) is 17.1. The van der Waals surface area contributed by atoms with Gasteiger partial charge in [0, 0.05) is 30.4 Å². The van der Waals surface area contributed by atoms with Crippen LogP contribution in [-0.4, -0.2) is 41.6 Å². The van der Waals surface area contributed by atoms with Crippen LogP contribution in [0.15, 0.2) is 16.7 Å². The Morgan fingerprint density at radius 1 is 1.67 bits per heavy atom. The third-order valence-corrected chi connectivity index (χ3v) is 3.56. The first kappa shape index (κ1) is 13.6. The van der Waals surface area contributed by atoms with Gasteiger partial charge in [-0.25, -0.2) is 0 Å². The lowest BCUT2D eigenvalue weighted by Gasteiger charge is -2.32. The summed E-state index contributed by atoms with van der Waals surface area (Å²) in [5.74, 6) is 0.0606. The monoisotopic (exact) mass is 314 g/mol. The highest BCUT2D eigenvalue weighted by molar-refractivity contribution is 9.10. The van der Waals surface area contributed by atoms with Crippen molar-refractivity contribution in [3.05, 3.63) is 22.4 Å². The highest BCUT2D eigenvalue weighted by atomic mass is 79.9. The molecule has 0 radical (unpaired) electrons. The van der Waals surface area contributed by atoms with Crippen LogP contribution in [0, 0.1) is 0 Å². The number of carbonyl (C=O) groups excluding carboxylic acids is 1. The van der Waals surface area contributed by atoms with E-state index in [0.717, 1.165) is 36.9 Å². The second-order valence-corrected chi connectivity index (χ2v) is 5.53. The van der Waals surface area contributed by atoms with Gasteiger partial charge >= 0.3 is 0 Å². The van der Waals surface area contributed by atoms with Crippen LogP contribution in [0.2, 0.25) is 0 Å². The summed E-state index contributed by atoms with van der Waals surface area (Å²) in [6.07, 6.45) is 5.07. The number of piperidine rings is 1. The second kappa shape index (κ2) is 6.38. The molecule has 1 aromatic heterocycles. The minimum absolute atomic E-state index is 0.0606. The van der Waals surface area contributed by atoms with E-state index >= 15 is 0 Å². The Hall–Kier alpha value is -0.810. The first-order valence-corrected chi connectivity index (χ1v) is 7.24. The number of aromatic nitrogens is 1.